The number of carbonyl (C=O) groups excluding carboxylic acids is 1. The Bertz CT molecular complexity index is 759. The third-order valence-corrected chi connectivity index (χ3v) is 4.27. The molecule has 1 heterocycles. The standard InChI is InChI=1S/C21H29N5O.HI/c1-15-5-8-18(9-6-15)17(3)14-25-21(22-4)23-12-11-20(27)26-19-10-7-16(2)13-24-19;/h5-10,13,17H,11-12,14H2,1-4H3,(H2,22,23,25)(H,24,26,27);1H. The maximum Gasteiger partial charge on any atom is 0.227 e. The van der Waals surface area contributed by atoms with Gasteiger partial charge in [0.05, 0.1) is 0 Å². The molecule has 0 aliphatic heterocycles. The third kappa shape index (κ3) is 8.24. The van der Waals surface area contributed by atoms with E-state index < -0.39 is 0 Å². The third-order valence-electron chi connectivity index (χ3n) is 4.27. The van der Waals surface area contributed by atoms with Gasteiger partial charge in [0.2, 0.25) is 5.91 Å². The Morgan fingerprint density at radius 2 is 1.75 bits per heavy atom. The first-order chi connectivity index (χ1) is 13.0. The number of rotatable bonds is 7. The van der Waals surface area contributed by atoms with E-state index in [-0.39, 0.29) is 29.9 Å². The minimum atomic E-state index is -0.0812. The van der Waals surface area contributed by atoms with Gasteiger partial charge in [0, 0.05) is 32.8 Å². The molecule has 0 bridgehead atoms. The van der Waals surface area contributed by atoms with Gasteiger partial charge in [-0.3, -0.25) is 9.79 Å². The van der Waals surface area contributed by atoms with Crippen molar-refractivity contribution in [2.45, 2.75) is 33.1 Å². The number of guanidine groups is 1. The molecule has 6 nitrogen and oxygen atoms in total. The van der Waals surface area contributed by atoms with Crippen LogP contribution in [0.3, 0.4) is 0 Å². The minimum Gasteiger partial charge on any atom is -0.356 e. The van der Waals surface area contributed by atoms with Crippen LogP contribution in [0.1, 0.15) is 36.0 Å². The van der Waals surface area contributed by atoms with Crippen molar-refractivity contribution in [1.29, 1.82) is 0 Å². The van der Waals surface area contributed by atoms with E-state index in [4.69, 9.17) is 0 Å². The van der Waals surface area contributed by atoms with E-state index in [1.54, 1.807) is 19.3 Å². The van der Waals surface area contributed by atoms with Gasteiger partial charge in [-0.25, -0.2) is 4.98 Å². The molecule has 2 rings (SSSR count). The first-order valence-electron chi connectivity index (χ1n) is 9.21. The van der Waals surface area contributed by atoms with Crippen LogP contribution in [0.2, 0.25) is 0 Å². The number of amides is 1. The summed E-state index contributed by atoms with van der Waals surface area (Å²) in [6.45, 7) is 7.48. The van der Waals surface area contributed by atoms with Crippen LogP contribution in [-0.4, -0.2) is 37.0 Å². The molecule has 0 spiro atoms. The van der Waals surface area contributed by atoms with E-state index in [1.807, 2.05) is 13.0 Å². The van der Waals surface area contributed by atoms with E-state index in [1.165, 1.54) is 11.1 Å². The molecule has 0 aliphatic rings. The lowest BCUT2D eigenvalue weighted by Gasteiger charge is -2.16. The van der Waals surface area contributed by atoms with Gasteiger partial charge in [0.1, 0.15) is 5.82 Å². The minimum absolute atomic E-state index is 0. The van der Waals surface area contributed by atoms with Crippen molar-refractivity contribution in [3.63, 3.8) is 0 Å². The second-order valence-corrected chi connectivity index (χ2v) is 6.71. The highest BCUT2D eigenvalue weighted by Gasteiger charge is 2.08. The number of hydrogen-bond acceptors (Lipinski definition) is 3. The molecule has 0 saturated carbocycles. The Labute approximate surface area is 184 Å². The van der Waals surface area contributed by atoms with Crippen LogP contribution in [0.5, 0.6) is 0 Å². The quantitative estimate of drug-likeness (QED) is 0.312. The van der Waals surface area contributed by atoms with Crippen LogP contribution in [-0.2, 0) is 4.79 Å². The average molecular weight is 495 g/mol. The molecule has 2 aromatic rings. The highest BCUT2D eigenvalue weighted by Crippen LogP contribution is 2.14. The van der Waals surface area contributed by atoms with Gasteiger partial charge in [0.25, 0.3) is 0 Å². The summed E-state index contributed by atoms with van der Waals surface area (Å²) in [6.07, 6.45) is 2.07. The number of benzene rings is 1. The molecule has 7 heteroatoms. The van der Waals surface area contributed by atoms with Crippen LogP contribution in [0.25, 0.3) is 0 Å². The Balaban J connectivity index is 0.00000392. The van der Waals surface area contributed by atoms with Gasteiger partial charge < -0.3 is 16.0 Å². The van der Waals surface area contributed by atoms with Crippen LogP contribution in [0.15, 0.2) is 47.6 Å². The van der Waals surface area contributed by atoms with Crippen molar-refractivity contribution in [3.8, 4) is 0 Å². The number of carbonyl (C=O) groups is 1. The molecule has 3 N–H and O–H groups in total. The fraction of sp³-hybridized carbons (Fsp3) is 0.381. The first-order valence-corrected chi connectivity index (χ1v) is 9.21. The van der Waals surface area contributed by atoms with Crippen molar-refractivity contribution in [2.75, 3.05) is 25.5 Å². The Hall–Kier alpha value is -2.16. The predicted molar refractivity (Wildman–Crippen MR) is 127 cm³/mol. The molecule has 1 atom stereocenters. The molecule has 0 aliphatic carbocycles. The van der Waals surface area contributed by atoms with Crippen molar-refractivity contribution in [1.82, 2.24) is 15.6 Å². The predicted octanol–water partition coefficient (Wildman–Crippen LogP) is 3.61. The smallest absolute Gasteiger partial charge is 0.227 e. The summed E-state index contributed by atoms with van der Waals surface area (Å²) in [5.74, 6) is 1.54. The lowest BCUT2D eigenvalue weighted by molar-refractivity contribution is -0.116. The molecular weight excluding hydrogens is 465 g/mol. The Morgan fingerprint density at radius 3 is 2.36 bits per heavy atom. The lowest BCUT2D eigenvalue weighted by atomic mass is 10.0. The molecule has 1 unspecified atom stereocenters. The number of halogens is 1. The molecular formula is C21H30IN5O. The largest absolute Gasteiger partial charge is 0.356 e. The van der Waals surface area contributed by atoms with Gasteiger partial charge in [-0.15, -0.1) is 24.0 Å². The SMILES string of the molecule is CN=C(NCCC(=O)Nc1ccc(C)cn1)NCC(C)c1ccc(C)cc1.I. The van der Waals surface area contributed by atoms with Gasteiger partial charge in [-0.05, 0) is 37.0 Å². The fourth-order valence-corrected chi connectivity index (χ4v) is 2.52. The Kier molecular flexibility index (Phi) is 10.5. The number of nitrogens with one attached hydrogen (secondary N) is 3. The van der Waals surface area contributed by atoms with Crippen molar-refractivity contribution in [3.05, 3.63) is 59.3 Å². The van der Waals surface area contributed by atoms with Gasteiger partial charge in [-0.2, -0.15) is 0 Å². The normalized spacial score (nSPS) is 11.9. The summed E-state index contributed by atoms with van der Waals surface area (Å²) in [5.41, 5.74) is 3.61. The van der Waals surface area contributed by atoms with E-state index in [0.717, 1.165) is 12.1 Å². The summed E-state index contributed by atoms with van der Waals surface area (Å²) in [4.78, 5) is 20.4. The van der Waals surface area contributed by atoms with Crippen molar-refractivity contribution >= 4 is 41.7 Å². The zero-order valence-corrected chi connectivity index (χ0v) is 19.3. The van der Waals surface area contributed by atoms with Crippen molar-refractivity contribution in [2.24, 2.45) is 4.99 Å². The van der Waals surface area contributed by atoms with Gasteiger partial charge in [-0.1, -0.05) is 42.8 Å². The zero-order chi connectivity index (χ0) is 19.6. The summed E-state index contributed by atoms with van der Waals surface area (Å²) < 4.78 is 0. The molecule has 1 aromatic carbocycles. The maximum absolute atomic E-state index is 12.0. The fourth-order valence-electron chi connectivity index (χ4n) is 2.52. The zero-order valence-electron chi connectivity index (χ0n) is 17.0. The summed E-state index contributed by atoms with van der Waals surface area (Å²) in [5, 5.41) is 9.26. The summed E-state index contributed by atoms with van der Waals surface area (Å²) in [6, 6.07) is 12.3. The molecule has 0 radical (unpaired) electrons. The number of nitrogens with zero attached hydrogens (tertiary/aromatic N) is 2. The van der Waals surface area contributed by atoms with Crippen LogP contribution >= 0.6 is 24.0 Å². The molecule has 28 heavy (non-hydrogen) atoms. The molecule has 152 valence electrons. The van der Waals surface area contributed by atoms with E-state index in [2.05, 4.69) is 64.0 Å². The first kappa shape index (κ1) is 23.9. The topological polar surface area (TPSA) is 78.4 Å². The van der Waals surface area contributed by atoms with E-state index in [0.29, 0.717) is 30.7 Å². The van der Waals surface area contributed by atoms with E-state index in [9.17, 15) is 4.79 Å². The number of aryl methyl sites for hydroxylation is 2. The summed E-state index contributed by atoms with van der Waals surface area (Å²) in [7, 11) is 1.72. The molecule has 0 saturated heterocycles. The Morgan fingerprint density at radius 1 is 1.07 bits per heavy atom. The average Bonchev–Trinajstić information content (AvgIpc) is 2.66. The highest BCUT2D eigenvalue weighted by molar-refractivity contribution is 14.0. The van der Waals surface area contributed by atoms with Crippen molar-refractivity contribution < 1.29 is 4.79 Å². The number of anilines is 1. The van der Waals surface area contributed by atoms with Gasteiger partial charge in [0.15, 0.2) is 5.96 Å². The van der Waals surface area contributed by atoms with Crippen LogP contribution < -0.4 is 16.0 Å². The number of aromatic nitrogens is 1. The number of hydrogen-bond donors (Lipinski definition) is 3. The second-order valence-electron chi connectivity index (χ2n) is 6.71. The lowest BCUT2D eigenvalue weighted by Crippen LogP contribution is -2.40. The monoisotopic (exact) mass is 495 g/mol. The number of pyridine rings is 1. The molecule has 1 amide bonds. The number of aliphatic imine (C=N–C) groups is 1. The van der Waals surface area contributed by atoms with E-state index >= 15 is 0 Å². The van der Waals surface area contributed by atoms with Gasteiger partial charge >= 0.3 is 0 Å². The van der Waals surface area contributed by atoms with Crippen LogP contribution in [0.4, 0.5) is 5.82 Å². The van der Waals surface area contributed by atoms with Crippen LogP contribution in [0, 0.1) is 13.8 Å². The highest BCUT2D eigenvalue weighted by atomic mass is 127. The summed E-state index contributed by atoms with van der Waals surface area (Å²) >= 11 is 0. The second kappa shape index (κ2) is 12.3. The molecule has 0 fully saturated rings. The maximum atomic E-state index is 12.0. The molecule has 1 aromatic heterocycles.